The first-order valence-electron chi connectivity index (χ1n) is 6.33. The summed E-state index contributed by atoms with van der Waals surface area (Å²) in [6.45, 7) is 11.6. The molecule has 1 aromatic heterocycles. The number of nitrogens with one attached hydrogen (secondary N) is 2. The number of aromatic nitrogens is 1. The molecule has 0 aliphatic heterocycles. The van der Waals surface area contributed by atoms with Gasteiger partial charge in [0.25, 0.3) is 5.91 Å². The lowest BCUT2D eigenvalue weighted by Gasteiger charge is -2.17. The predicted molar refractivity (Wildman–Crippen MR) is 73.0 cm³/mol. The Hall–Kier alpha value is -1.29. The molecule has 1 amide bonds. The van der Waals surface area contributed by atoms with Crippen molar-refractivity contribution in [3.8, 4) is 0 Å². The number of carbonyl (C=O) groups excluding carboxylic acids is 1. The first-order chi connectivity index (χ1) is 8.13. The van der Waals surface area contributed by atoms with Gasteiger partial charge in [-0.2, -0.15) is 0 Å². The number of amides is 1. The van der Waals surface area contributed by atoms with Gasteiger partial charge in [-0.15, -0.1) is 0 Å². The van der Waals surface area contributed by atoms with E-state index in [0.717, 1.165) is 17.0 Å². The molecule has 102 valence electrons. The minimum absolute atomic E-state index is 0.129. The molecule has 1 heterocycles. The van der Waals surface area contributed by atoms with Gasteiger partial charge in [-0.1, -0.05) is 13.8 Å². The summed E-state index contributed by atoms with van der Waals surface area (Å²) in [7, 11) is 0. The fourth-order valence-electron chi connectivity index (χ4n) is 2.08. The quantitative estimate of drug-likeness (QED) is 0.769. The highest BCUT2D eigenvalue weighted by atomic mass is 16.3. The van der Waals surface area contributed by atoms with Gasteiger partial charge in [0.05, 0.1) is 11.2 Å². The molecule has 3 N–H and O–H groups in total. The molecule has 0 aliphatic carbocycles. The van der Waals surface area contributed by atoms with Crippen molar-refractivity contribution in [2.45, 2.75) is 53.1 Å². The first kappa shape index (κ1) is 14.8. The summed E-state index contributed by atoms with van der Waals surface area (Å²) in [5.74, 6) is 0.231. The van der Waals surface area contributed by atoms with Crippen LogP contribution in [-0.4, -0.2) is 28.1 Å². The summed E-state index contributed by atoms with van der Waals surface area (Å²) in [6.07, 6.45) is 0. The third-order valence-electron chi connectivity index (χ3n) is 2.96. The van der Waals surface area contributed by atoms with Crippen molar-refractivity contribution in [2.24, 2.45) is 0 Å². The predicted octanol–water partition coefficient (Wildman–Crippen LogP) is 2.26. The van der Waals surface area contributed by atoms with Gasteiger partial charge >= 0.3 is 0 Å². The molecule has 4 heteroatoms. The zero-order chi connectivity index (χ0) is 14.1. The number of H-pyrrole nitrogens is 1. The maximum atomic E-state index is 12.1. The summed E-state index contributed by atoms with van der Waals surface area (Å²) >= 11 is 0. The lowest BCUT2D eigenvalue weighted by atomic mass is 10.0. The van der Waals surface area contributed by atoms with Crippen LogP contribution in [0.15, 0.2) is 0 Å². The minimum atomic E-state index is -0.894. The van der Waals surface area contributed by atoms with Crippen molar-refractivity contribution in [3.05, 3.63) is 22.5 Å². The molecule has 0 aliphatic rings. The molecule has 1 rings (SSSR count). The molecule has 0 bridgehead atoms. The second kappa shape index (κ2) is 5.14. The van der Waals surface area contributed by atoms with E-state index < -0.39 is 5.60 Å². The van der Waals surface area contributed by atoms with Crippen molar-refractivity contribution < 1.29 is 9.90 Å². The lowest BCUT2D eigenvalue weighted by Crippen LogP contribution is -2.38. The zero-order valence-electron chi connectivity index (χ0n) is 12.1. The Labute approximate surface area is 109 Å². The molecule has 0 fully saturated rings. The zero-order valence-corrected chi connectivity index (χ0v) is 12.1. The largest absolute Gasteiger partial charge is 0.389 e. The van der Waals surface area contributed by atoms with Crippen LogP contribution in [0.4, 0.5) is 0 Å². The Morgan fingerprint density at radius 3 is 2.33 bits per heavy atom. The van der Waals surface area contributed by atoms with Gasteiger partial charge in [0.1, 0.15) is 0 Å². The molecule has 0 radical (unpaired) electrons. The van der Waals surface area contributed by atoms with E-state index in [1.807, 2.05) is 13.8 Å². The number of carbonyl (C=O) groups is 1. The van der Waals surface area contributed by atoms with Gasteiger partial charge in [-0.05, 0) is 39.2 Å². The van der Waals surface area contributed by atoms with E-state index >= 15 is 0 Å². The number of rotatable bonds is 4. The SMILES string of the molecule is Cc1[nH]c(C(C)C)c(C)c1C(=O)NCC(C)(C)O. The standard InChI is InChI=1S/C14H24N2O2/c1-8(2)12-9(3)11(10(4)16-12)13(17)15-7-14(5,6)18/h8,16,18H,7H2,1-6H3,(H,15,17). The average molecular weight is 252 g/mol. The maximum absolute atomic E-state index is 12.1. The van der Waals surface area contributed by atoms with E-state index in [9.17, 15) is 9.90 Å². The maximum Gasteiger partial charge on any atom is 0.253 e. The number of aliphatic hydroxyl groups is 1. The van der Waals surface area contributed by atoms with Gasteiger partial charge < -0.3 is 15.4 Å². The molecule has 0 spiro atoms. The average Bonchev–Trinajstić information content (AvgIpc) is 2.50. The monoisotopic (exact) mass is 252 g/mol. The molecule has 0 atom stereocenters. The van der Waals surface area contributed by atoms with Gasteiger partial charge in [-0.25, -0.2) is 0 Å². The molecule has 4 nitrogen and oxygen atoms in total. The van der Waals surface area contributed by atoms with Crippen LogP contribution in [0.1, 0.15) is 60.9 Å². The van der Waals surface area contributed by atoms with Crippen LogP contribution in [0.5, 0.6) is 0 Å². The van der Waals surface area contributed by atoms with E-state index in [1.54, 1.807) is 13.8 Å². The normalized spacial score (nSPS) is 12.0. The Morgan fingerprint density at radius 1 is 1.39 bits per heavy atom. The highest BCUT2D eigenvalue weighted by molar-refractivity contribution is 5.97. The van der Waals surface area contributed by atoms with Crippen LogP contribution in [-0.2, 0) is 0 Å². The van der Waals surface area contributed by atoms with E-state index in [1.165, 1.54) is 0 Å². The second-order valence-corrected chi connectivity index (χ2v) is 5.81. The Kier molecular flexibility index (Phi) is 4.22. The second-order valence-electron chi connectivity index (χ2n) is 5.81. The van der Waals surface area contributed by atoms with Crippen LogP contribution in [0.3, 0.4) is 0 Å². The van der Waals surface area contributed by atoms with Crippen molar-refractivity contribution in [2.75, 3.05) is 6.54 Å². The number of hydrogen-bond donors (Lipinski definition) is 3. The van der Waals surface area contributed by atoms with Gasteiger partial charge in [0, 0.05) is 17.9 Å². The fraction of sp³-hybridized carbons (Fsp3) is 0.643. The highest BCUT2D eigenvalue weighted by Crippen LogP contribution is 2.24. The molecule has 1 aromatic rings. The molecule has 18 heavy (non-hydrogen) atoms. The first-order valence-corrected chi connectivity index (χ1v) is 6.33. The van der Waals surface area contributed by atoms with Crippen LogP contribution in [0.2, 0.25) is 0 Å². The number of aryl methyl sites for hydroxylation is 1. The summed E-state index contributed by atoms with van der Waals surface area (Å²) in [6, 6.07) is 0. The number of hydrogen-bond acceptors (Lipinski definition) is 2. The van der Waals surface area contributed by atoms with Crippen LogP contribution in [0.25, 0.3) is 0 Å². The third-order valence-corrected chi connectivity index (χ3v) is 2.96. The van der Waals surface area contributed by atoms with Gasteiger partial charge in [0.15, 0.2) is 0 Å². The summed E-state index contributed by atoms with van der Waals surface area (Å²) in [5, 5.41) is 12.4. The van der Waals surface area contributed by atoms with Crippen molar-refractivity contribution in [3.63, 3.8) is 0 Å². The summed E-state index contributed by atoms with van der Waals surface area (Å²) < 4.78 is 0. The van der Waals surface area contributed by atoms with Crippen molar-refractivity contribution in [1.29, 1.82) is 0 Å². The van der Waals surface area contributed by atoms with Crippen LogP contribution in [0, 0.1) is 13.8 Å². The molecule has 0 unspecified atom stereocenters. The van der Waals surface area contributed by atoms with Crippen molar-refractivity contribution >= 4 is 5.91 Å². The number of aromatic amines is 1. The fourth-order valence-corrected chi connectivity index (χ4v) is 2.08. The van der Waals surface area contributed by atoms with Gasteiger partial charge in [0.2, 0.25) is 0 Å². The third kappa shape index (κ3) is 3.35. The van der Waals surface area contributed by atoms with E-state index in [4.69, 9.17) is 0 Å². The highest BCUT2D eigenvalue weighted by Gasteiger charge is 2.21. The van der Waals surface area contributed by atoms with E-state index in [0.29, 0.717) is 11.5 Å². The Morgan fingerprint density at radius 2 is 1.94 bits per heavy atom. The van der Waals surface area contributed by atoms with E-state index in [-0.39, 0.29) is 12.5 Å². The molecular formula is C14H24N2O2. The summed E-state index contributed by atoms with van der Waals surface area (Å²) in [4.78, 5) is 15.4. The molecular weight excluding hydrogens is 228 g/mol. The summed E-state index contributed by atoms with van der Waals surface area (Å²) in [5.41, 5.74) is 2.78. The van der Waals surface area contributed by atoms with Crippen LogP contribution < -0.4 is 5.32 Å². The van der Waals surface area contributed by atoms with E-state index in [2.05, 4.69) is 24.1 Å². The molecule has 0 aromatic carbocycles. The van der Waals surface area contributed by atoms with Crippen molar-refractivity contribution in [1.82, 2.24) is 10.3 Å². The topological polar surface area (TPSA) is 65.1 Å². The minimum Gasteiger partial charge on any atom is -0.389 e. The smallest absolute Gasteiger partial charge is 0.253 e. The molecule has 0 saturated carbocycles. The lowest BCUT2D eigenvalue weighted by molar-refractivity contribution is 0.0693. The molecule has 0 saturated heterocycles. The van der Waals surface area contributed by atoms with Crippen LogP contribution >= 0.6 is 0 Å². The van der Waals surface area contributed by atoms with Gasteiger partial charge in [-0.3, -0.25) is 4.79 Å². The Bertz CT molecular complexity index is 439. The Balaban J connectivity index is 2.93.